The van der Waals surface area contributed by atoms with Crippen LogP contribution in [0.15, 0.2) is 12.7 Å². The summed E-state index contributed by atoms with van der Waals surface area (Å²) in [5, 5.41) is 24.2. The van der Waals surface area contributed by atoms with E-state index >= 15 is 0 Å². The van der Waals surface area contributed by atoms with Crippen LogP contribution in [-0.2, 0) is 21.7 Å². The third kappa shape index (κ3) is 1890. The minimum Gasteiger partial charge on any atom is -0.394 e. The van der Waals surface area contributed by atoms with Crippen molar-refractivity contribution >= 4 is 0 Å². The molecule has 0 rings (SSSR count). The molecule has 0 aliphatic heterocycles. The van der Waals surface area contributed by atoms with Gasteiger partial charge in [0.05, 0.1) is 0 Å². The van der Waals surface area contributed by atoms with Crippen LogP contribution in [0.4, 0.5) is 0 Å². The molecule has 0 amide bonds. The van der Waals surface area contributed by atoms with Gasteiger partial charge in [-0.2, -0.15) is 6.42 Å². The van der Waals surface area contributed by atoms with E-state index < -0.39 is 0 Å². The Morgan fingerprint density at radius 1 is 0.882 bits per heavy atom. The molecular formula is C13H31O3Ti-. The summed E-state index contributed by atoms with van der Waals surface area (Å²) in [7, 11) is 0. The van der Waals surface area contributed by atoms with Gasteiger partial charge >= 0.3 is 0 Å². The third-order valence-electron chi connectivity index (χ3n) is 0.204. The molecule has 0 radical (unpaired) electrons. The van der Waals surface area contributed by atoms with E-state index in [2.05, 4.69) is 13.5 Å². The molecular weight excluding hydrogens is 252 g/mol. The van der Waals surface area contributed by atoms with Crippen molar-refractivity contribution in [1.82, 2.24) is 0 Å². The predicted molar refractivity (Wildman–Crippen MR) is 72.2 cm³/mol. The van der Waals surface area contributed by atoms with E-state index in [1.807, 2.05) is 0 Å². The second-order valence-electron chi connectivity index (χ2n) is 3.86. The first-order chi connectivity index (χ1) is 7.11. The normalized spacial score (nSPS) is 7.82. The maximum Gasteiger partial charge on any atom is 0.0483 e. The molecule has 0 aliphatic rings. The number of aliphatic hydroxyl groups is 3. The fourth-order valence-corrected chi connectivity index (χ4v) is 0. The first kappa shape index (κ1) is 30.4. The first-order valence-electron chi connectivity index (χ1n) is 5.56. The first-order valence-corrected chi connectivity index (χ1v) is 5.56. The van der Waals surface area contributed by atoms with Crippen molar-refractivity contribution in [3.63, 3.8) is 0 Å². The molecule has 0 heterocycles. The van der Waals surface area contributed by atoms with Crippen LogP contribution in [0.5, 0.6) is 0 Å². The zero-order chi connectivity index (χ0) is 14.1. The molecule has 3 N–H and O–H groups in total. The van der Waals surface area contributed by atoms with Crippen LogP contribution in [0.1, 0.15) is 48.0 Å². The fraction of sp³-hybridized carbons (Fsp3) is 0.769. The molecule has 0 aromatic rings. The van der Waals surface area contributed by atoms with E-state index in [1.165, 1.54) is 0 Å². The van der Waals surface area contributed by atoms with Crippen LogP contribution >= 0.6 is 0 Å². The molecule has 0 aromatic carbocycles. The summed E-state index contributed by atoms with van der Waals surface area (Å²) in [5.41, 5.74) is 0. The van der Waals surface area contributed by atoms with Gasteiger partial charge in [-0.1, -0.05) is 0 Å². The summed E-state index contributed by atoms with van der Waals surface area (Å²) in [6.45, 7) is 17.2. The van der Waals surface area contributed by atoms with E-state index in [9.17, 15) is 0 Å². The second-order valence-corrected chi connectivity index (χ2v) is 3.86. The van der Waals surface area contributed by atoms with E-state index in [-0.39, 0.29) is 40.0 Å². The Kier molecular flexibility index (Phi) is 53.5. The van der Waals surface area contributed by atoms with Gasteiger partial charge in [0, 0.05) is 40.0 Å². The Hall–Kier alpha value is 0.334. The van der Waals surface area contributed by atoms with E-state index in [0.29, 0.717) is 0 Å². The van der Waals surface area contributed by atoms with Crippen LogP contribution < -0.4 is 0 Å². The summed E-state index contributed by atoms with van der Waals surface area (Å²) >= 11 is 0. The van der Waals surface area contributed by atoms with Crippen molar-refractivity contribution in [1.29, 1.82) is 0 Å². The van der Waals surface area contributed by atoms with Crippen molar-refractivity contribution < 1.29 is 37.0 Å². The minimum absolute atomic E-state index is 0. The summed E-state index contributed by atoms with van der Waals surface area (Å²) in [6.07, 6.45) is 2.10. The zero-order valence-electron chi connectivity index (χ0n) is 12.3. The summed E-state index contributed by atoms with van der Waals surface area (Å²) in [4.78, 5) is 0. The third-order valence-corrected chi connectivity index (χ3v) is 0.204. The minimum atomic E-state index is -0.167. The van der Waals surface area contributed by atoms with Crippen molar-refractivity contribution in [2.24, 2.45) is 0 Å². The van der Waals surface area contributed by atoms with Crippen LogP contribution in [0.25, 0.3) is 0 Å². The fourth-order valence-electron chi connectivity index (χ4n) is 0. The Labute approximate surface area is 123 Å². The van der Waals surface area contributed by atoms with Crippen LogP contribution in [0.3, 0.4) is 0 Å². The number of hydrogen-bond donors (Lipinski definition) is 3. The Morgan fingerprint density at radius 3 is 0.941 bits per heavy atom. The van der Waals surface area contributed by atoms with Crippen LogP contribution in [0.2, 0.25) is 0 Å². The number of hydrogen-bond acceptors (Lipinski definition) is 3. The monoisotopic (exact) mass is 283 g/mol. The van der Waals surface area contributed by atoms with E-state index in [1.54, 1.807) is 47.6 Å². The Balaban J connectivity index is -0.0000000369. The van der Waals surface area contributed by atoms with Crippen molar-refractivity contribution in [3.05, 3.63) is 19.6 Å². The molecule has 0 unspecified atom stereocenters. The van der Waals surface area contributed by atoms with Crippen LogP contribution in [0, 0.1) is 6.92 Å². The molecule has 0 aromatic heterocycles. The summed E-state index contributed by atoms with van der Waals surface area (Å²) in [5.74, 6) is 0. The molecule has 0 saturated heterocycles. The molecule has 0 saturated carbocycles. The quantitative estimate of drug-likeness (QED) is 0.394. The maximum absolute atomic E-state index is 8.06. The molecule has 0 atom stereocenters. The maximum atomic E-state index is 8.06. The van der Waals surface area contributed by atoms with Gasteiger partial charge in [0.2, 0.25) is 0 Å². The molecule has 0 spiro atoms. The van der Waals surface area contributed by atoms with Gasteiger partial charge in [-0.05, 0) is 41.5 Å². The van der Waals surface area contributed by atoms with Gasteiger partial charge < -0.3 is 22.2 Å². The second kappa shape index (κ2) is 29.9. The van der Waals surface area contributed by atoms with Gasteiger partial charge in [-0.15, -0.1) is 12.7 Å². The standard InChI is InChI=1S/C4H7.3C3H8O.Ti/c1-3-4-2;3*1-3(2)4;/h3H,1-2,4H2;3*3-4H,1-2H3;/q-1;;;;. The average molecular weight is 283 g/mol. The summed E-state index contributed by atoms with van der Waals surface area (Å²) in [6, 6.07) is 0. The van der Waals surface area contributed by atoms with Gasteiger partial charge in [0.15, 0.2) is 0 Å². The molecule has 0 fully saturated rings. The van der Waals surface area contributed by atoms with Crippen molar-refractivity contribution in [2.45, 2.75) is 66.3 Å². The molecule has 0 aliphatic carbocycles. The smallest absolute Gasteiger partial charge is 0.0483 e. The van der Waals surface area contributed by atoms with Gasteiger partial charge in [-0.3, -0.25) is 0 Å². The Morgan fingerprint density at radius 2 is 0.941 bits per heavy atom. The topological polar surface area (TPSA) is 60.7 Å². The molecule has 0 bridgehead atoms. The van der Waals surface area contributed by atoms with Gasteiger partial charge in [0.1, 0.15) is 0 Å². The van der Waals surface area contributed by atoms with E-state index in [4.69, 9.17) is 15.3 Å². The summed E-state index contributed by atoms with van der Waals surface area (Å²) < 4.78 is 0. The molecule has 106 valence electrons. The van der Waals surface area contributed by atoms with Gasteiger partial charge in [0.25, 0.3) is 0 Å². The van der Waals surface area contributed by atoms with Crippen LogP contribution in [-0.4, -0.2) is 33.6 Å². The predicted octanol–water partition coefficient (Wildman–Crippen LogP) is 2.56. The average Bonchev–Trinajstić information content (AvgIpc) is 2.00. The number of aliphatic hydroxyl groups excluding tert-OH is 3. The van der Waals surface area contributed by atoms with Crippen molar-refractivity contribution in [2.75, 3.05) is 0 Å². The van der Waals surface area contributed by atoms with Crippen molar-refractivity contribution in [3.8, 4) is 0 Å². The largest absolute Gasteiger partial charge is 0.394 e. The molecule has 3 nitrogen and oxygen atoms in total. The molecule has 4 heteroatoms. The number of rotatable bonds is 1. The molecule has 17 heavy (non-hydrogen) atoms. The zero-order valence-corrected chi connectivity index (χ0v) is 13.8. The Bertz CT molecular complexity index is 82.3. The van der Waals surface area contributed by atoms with Gasteiger partial charge in [-0.25, -0.2) is 0 Å². The SMILES string of the molecule is C=CC[CH2-].CC(C)O.CC(C)O.CC(C)O.[Ti]. The number of allylic oxidation sites excluding steroid dienone is 1. The van der Waals surface area contributed by atoms with E-state index in [0.717, 1.165) is 6.42 Å².